The summed E-state index contributed by atoms with van der Waals surface area (Å²) in [5, 5.41) is 6.80. The van der Waals surface area contributed by atoms with Crippen molar-refractivity contribution in [2.75, 3.05) is 26.7 Å². The Labute approximate surface area is 104 Å². The SMILES string of the molecule is COc1c(C)cc(CNCC2CNC2)cc1C. The smallest absolute Gasteiger partial charge is 0.124 e. The lowest BCUT2D eigenvalue weighted by Gasteiger charge is -2.27. The molecule has 2 N–H and O–H groups in total. The van der Waals surface area contributed by atoms with Gasteiger partial charge >= 0.3 is 0 Å². The fourth-order valence-electron chi connectivity index (χ4n) is 2.38. The van der Waals surface area contributed by atoms with Gasteiger partial charge < -0.3 is 15.4 Å². The van der Waals surface area contributed by atoms with Gasteiger partial charge in [0.25, 0.3) is 0 Å². The number of benzene rings is 1. The Kier molecular flexibility index (Phi) is 4.02. The highest BCUT2D eigenvalue weighted by Gasteiger charge is 2.15. The highest BCUT2D eigenvalue weighted by Crippen LogP contribution is 2.24. The normalized spacial score (nSPS) is 15.7. The van der Waals surface area contributed by atoms with Crippen LogP contribution < -0.4 is 15.4 Å². The molecule has 0 radical (unpaired) electrons. The van der Waals surface area contributed by atoms with Gasteiger partial charge in [-0.25, -0.2) is 0 Å². The molecule has 2 rings (SSSR count). The molecule has 1 aromatic rings. The van der Waals surface area contributed by atoms with Gasteiger partial charge in [0.2, 0.25) is 0 Å². The third-order valence-corrected chi connectivity index (χ3v) is 3.35. The van der Waals surface area contributed by atoms with Gasteiger partial charge in [-0.1, -0.05) is 12.1 Å². The monoisotopic (exact) mass is 234 g/mol. The molecule has 1 aromatic carbocycles. The maximum atomic E-state index is 5.37. The van der Waals surface area contributed by atoms with Gasteiger partial charge in [0.1, 0.15) is 5.75 Å². The topological polar surface area (TPSA) is 33.3 Å². The van der Waals surface area contributed by atoms with E-state index in [0.717, 1.165) is 37.8 Å². The van der Waals surface area contributed by atoms with Gasteiger partial charge in [-0.05, 0) is 36.5 Å². The minimum absolute atomic E-state index is 0.815. The molecule has 1 aliphatic rings. The average molecular weight is 234 g/mol. The van der Waals surface area contributed by atoms with Crippen molar-refractivity contribution in [1.82, 2.24) is 10.6 Å². The van der Waals surface area contributed by atoms with Crippen LogP contribution in [0.15, 0.2) is 12.1 Å². The minimum atomic E-state index is 0.815. The van der Waals surface area contributed by atoms with Crippen LogP contribution in [0.4, 0.5) is 0 Å². The summed E-state index contributed by atoms with van der Waals surface area (Å²) in [6, 6.07) is 4.41. The van der Waals surface area contributed by atoms with Crippen molar-refractivity contribution >= 4 is 0 Å². The number of rotatable bonds is 5. The lowest BCUT2D eigenvalue weighted by Crippen LogP contribution is -2.47. The zero-order valence-electron chi connectivity index (χ0n) is 11.0. The molecule has 0 bridgehead atoms. The molecule has 0 amide bonds. The molecule has 1 fully saturated rings. The van der Waals surface area contributed by atoms with E-state index in [0.29, 0.717) is 0 Å². The van der Waals surface area contributed by atoms with E-state index in [1.54, 1.807) is 7.11 Å². The van der Waals surface area contributed by atoms with Crippen molar-refractivity contribution in [2.45, 2.75) is 20.4 Å². The highest BCUT2D eigenvalue weighted by atomic mass is 16.5. The third kappa shape index (κ3) is 2.99. The second kappa shape index (κ2) is 5.52. The standard InChI is InChI=1S/C14H22N2O/c1-10-4-12(5-11(2)14(10)17-3)6-15-7-13-8-16-9-13/h4-5,13,15-16H,6-9H2,1-3H3. The largest absolute Gasteiger partial charge is 0.496 e. The number of aryl methyl sites for hydroxylation is 2. The predicted octanol–water partition coefficient (Wildman–Crippen LogP) is 1.62. The maximum absolute atomic E-state index is 5.37. The van der Waals surface area contributed by atoms with Crippen LogP contribution in [0.1, 0.15) is 16.7 Å². The quantitative estimate of drug-likeness (QED) is 0.812. The molecule has 0 aromatic heterocycles. The van der Waals surface area contributed by atoms with Gasteiger partial charge in [0.05, 0.1) is 7.11 Å². The van der Waals surface area contributed by atoms with E-state index >= 15 is 0 Å². The summed E-state index contributed by atoms with van der Waals surface area (Å²) < 4.78 is 5.37. The Morgan fingerprint density at radius 3 is 2.41 bits per heavy atom. The van der Waals surface area contributed by atoms with Gasteiger partial charge in [0.15, 0.2) is 0 Å². The van der Waals surface area contributed by atoms with Gasteiger partial charge in [-0.3, -0.25) is 0 Å². The summed E-state index contributed by atoms with van der Waals surface area (Å²) in [4.78, 5) is 0. The first kappa shape index (κ1) is 12.4. The van der Waals surface area contributed by atoms with E-state index in [1.165, 1.54) is 16.7 Å². The Morgan fingerprint density at radius 2 is 1.94 bits per heavy atom. The van der Waals surface area contributed by atoms with Crippen molar-refractivity contribution in [3.63, 3.8) is 0 Å². The van der Waals surface area contributed by atoms with E-state index < -0.39 is 0 Å². The summed E-state index contributed by atoms with van der Waals surface area (Å²) in [6.45, 7) is 8.58. The van der Waals surface area contributed by atoms with Crippen LogP contribution in [-0.4, -0.2) is 26.7 Å². The molecule has 3 nitrogen and oxygen atoms in total. The van der Waals surface area contributed by atoms with Crippen LogP contribution in [0, 0.1) is 19.8 Å². The van der Waals surface area contributed by atoms with E-state index in [2.05, 4.69) is 36.6 Å². The van der Waals surface area contributed by atoms with Crippen molar-refractivity contribution in [1.29, 1.82) is 0 Å². The molecule has 0 saturated carbocycles. The molecule has 1 heterocycles. The molecule has 0 spiro atoms. The Morgan fingerprint density at radius 1 is 1.29 bits per heavy atom. The summed E-state index contributed by atoms with van der Waals surface area (Å²) in [5.74, 6) is 1.83. The fourth-order valence-corrected chi connectivity index (χ4v) is 2.38. The summed E-state index contributed by atoms with van der Waals surface area (Å²) in [5.41, 5.74) is 3.78. The van der Waals surface area contributed by atoms with E-state index in [1.807, 2.05) is 0 Å². The first-order valence-electron chi connectivity index (χ1n) is 6.26. The summed E-state index contributed by atoms with van der Waals surface area (Å²) in [7, 11) is 1.73. The highest BCUT2D eigenvalue weighted by molar-refractivity contribution is 5.43. The third-order valence-electron chi connectivity index (χ3n) is 3.35. The molecule has 1 saturated heterocycles. The number of ether oxygens (including phenoxy) is 1. The molecular weight excluding hydrogens is 212 g/mol. The van der Waals surface area contributed by atoms with E-state index in [-0.39, 0.29) is 0 Å². The van der Waals surface area contributed by atoms with Crippen LogP contribution in [0.3, 0.4) is 0 Å². The van der Waals surface area contributed by atoms with E-state index in [9.17, 15) is 0 Å². The zero-order chi connectivity index (χ0) is 12.3. The molecule has 0 atom stereocenters. The lowest BCUT2D eigenvalue weighted by molar-refractivity contribution is 0.331. The Hall–Kier alpha value is -1.06. The van der Waals surface area contributed by atoms with Crippen LogP contribution in [0.5, 0.6) is 5.75 Å². The second-order valence-corrected chi connectivity index (χ2v) is 4.92. The fraction of sp³-hybridized carbons (Fsp3) is 0.571. The maximum Gasteiger partial charge on any atom is 0.124 e. The zero-order valence-corrected chi connectivity index (χ0v) is 11.0. The van der Waals surface area contributed by atoms with Gasteiger partial charge in [0, 0.05) is 26.2 Å². The van der Waals surface area contributed by atoms with Crippen molar-refractivity contribution in [3.8, 4) is 5.75 Å². The first-order chi connectivity index (χ1) is 8.20. The minimum Gasteiger partial charge on any atom is -0.496 e. The van der Waals surface area contributed by atoms with Crippen LogP contribution in [-0.2, 0) is 6.54 Å². The molecule has 17 heavy (non-hydrogen) atoms. The number of hydrogen-bond acceptors (Lipinski definition) is 3. The molecular formula is C14H22N2O. The molecule has 0 unspecified atom stereocenters. The van der Waals surface area contributed by atoms with Crippen molar-refractivity contribution in [2.24, 2.45) is 5.92 Å². The van der Waals surface area contributed by atoms with Gasteiger partial charge in [-0.15, -0.1) is 0 Å². The van der Waals surface area contributed by atoms with Crippen LogP contribution >= 0.6 is 0 Å². The van der Waals surface area contributed by atoms with Crippen LogP contribution in [0.25, 0.3) is 0 Å². The van der Waals surface area contributed by atoms with Crippen molar-refractivity contribution in [3.05, 3.63) is 28.8 Å². The number of hydrogen-bond donors (Lipinski definition) is 2. The molecule has 0 aliphatic carbocycles. The van der Waals surface area contributed by atoms with Crippen LogP contribution in [0.2, 0.25) is 0 Å². The van der Waals surface area contributed by atoms with Crippen molar-refractivity contribution < 1.29 is 4.74 Å². The predicted molar refractivity (Wildman–Crippen MR) is 70.5 cm³/mol. The molecule has 3 heteroatoms. The number of methoxy groups -OCH3 is 1. The lowest BCUT2D eigenvalue weighted by atomic mass is 10.0. The van der Waals surface area contributed by atoms with Gasteiger partial charge in [-0.2, -0.15) is 0 Å². The Bertz CT molecular complexity index is 363. The first-order valence-corrected chi connectivity index (χ1v) is 6.26. The average Bonchev–Trinajstić information content (AvgIpc) is 2.21. The Balaban J connectivity index is 1.91. The number of nitrogens with one attached hydrogen (secondary N) is 2. The van der Waals surface area contributed by atoms with E-state index in [4.69, 9.17) is 4.74 Å². The molecule has 94 valence electrons. The second-order valence-electron chi connectivity index (χ2n) is 4.92. The summed E-state index contributed by atoms with van der Waals surface area (Å²) >= 11 is 0. The molecule has 1 aliphatic heterocycles. The summed E-state index contributed by atoms with van der Waals surface area (Å²) in [6.07, 6.45) is 0.